The summed E-state index contributed by atoms with van der Waals surface area (Å²) >= 11 is 0. The Hall–Kier alpha value is -3.35. The SMILES string of the molecule is CCOc1ccc(OCC)c(Nc2c(C(=O)N3CCCCC3)cnc3ccc(F)cc23)c1. The maximum atomic E-state index is 14.2. The fourth-order valence-electron chi connectivity index (χ4n) is 4.01. The molecule has 7 heteroatoms. The van der Waals surface area contributed by atoms with E-state index in [1.54, 1.807) is 12.3 Å². The fraction of sp³-hybridized carbons (Fsp3) is 0.360. The van der Waals surface area contributed by atoms with E-state index in [2.05, 4.69) is 10.3 Å². The summed E-state index contributed by atoms with van der Waals surface area (Å²) in [7, 11) is 0. The van der Waals surface area contributed by atoms with Crippen molar-refractivity contribution in [1.29, 1.82) is 0 Å². The summed E-state index contributed by atoms with van der Waals surface area (Å²) in [5, 5.41) is 3.89. The molecule has 0 unspecified atom stereocenters. The molecule has 3 aromatic rings. The van der Waals surface area contributed by atoms with Gasteiger partial charge >= 0.3 is 0 Å². The molecule has 1 aliphatic heterocycles. The number of carbonyl (C=O) groups excluding carboxylic acids is 1. The Morgan fingerprint density at radius 2 is 1.84 bits per heavy atom. The van der Waals surface area contributed by atoms with Crippen molar-refractivity contribution in [3.63, 3.8) is 0 Å². The van der Waals surface area contributed by atoms with Gasteiger partial charge in [-0.3, -0.25) is 9.78 Å². The normalized spacial score (nSPS) is 13.8. The molecular formula is C25H28FN3O3. The number of hydrogen-bond acceptors (Lipinski definition) is 5. The molecule has 32 heavy (non-hydrogen) atoms. The zero-order valence-electron chi connectivity index (χ0n) is 18.5. The van der Waals surface area contributed by atoms with Crippen LogP contribution < -0.4 is 14.8 Å². The van der Waals surface area contributed by atoms with Crippen molar-refractivity contribution in [2.45, 2.75) is 33.1 Å². The number of pyridine rings is 1. The molecule has 168 valence electrons. The number of carbonyl (C=O) groups is 1. The van der Waals surface area contributed by atoms with E-state index in [0.717, 1.165) is 19.3 Å². The molecule has 1 saturated heterocycles. The average Bonchev–Trinajstić information content (AvgIpc) is 2.81. The number of rotatable bonds is 7. The number of amides is 1. The zero-order chi connectivity index (χ0) is 22.5. The summed E-state index contributed by atoms with van der Waals surface area (Å²) in [5.41, 5.74) is 2.17. The number of aromatic nitrogens is 1. The predicted molar refractivity (Wildman–Crippen MR) is 124 cm³/mol. The maximum absolute atomic E-state index is 14.2. The molecule has 2 heterocycles. The number of nitrogens with zero attached hydrogens (tertiary/aromatic N) is 2. The van der Waals surface area contributed by atoms with Crippen LogP contribution in [0.2, 0.25) is 0 Å². The highest BCUT2D eigenvalue weighted by Crippen LogP contribution is 2.36. The van der Waals surface area contributed by atoms with Gasteiger partial charge in [-0.2, -0.15) is 0 Å². The van der Waals surface area contributed by atoms with Gasteiger partial charge in [0.05, 0.1) is 35.7 Å². The van der Waals surface area contributed by atoms with E-state index in [9.17, 15) is 9.18 Å². The average molecular weight is 438 g/mol. The summed E-state index contributed by atoms with van der Waals surface area (Å²) in [5.74, 6) is 0.795. The van der Waals surface area contributed by atoms with E-state index >= 15 is 0 Å². The van der Waals surface area contributed by atoms with Crippen LogP contribution in [0.25, 0.3) is 10.9 Å². The Morgan fingerprint density at radius 3 is 2.59 bits per heavy atom. The molecule has 0 atom stereocenters. The van der Waals surface area contributed by atoms with E-state index < -0.39 is 5.82 Å². The lowest BCUT2D eigenvalue weighted by Gasteiger charge is -2.28. The quantitative estimate of drug-likeness (QED) is 0.526. The van der Waals surface area contributed by atoms with E-state index in [-0.39, 0.29) is 5.91 Å². The highest BCUT2D eigenvalue weighted by atomic mass is 19.1. The summed E-state index contributed by atoms with van der Waals surface area (Å²) in [6.07, 6.45) is 4.66. The van der Waals surface area contributed by atoms with Crippen LogP contribution in [-0.4, -0.2) is 42.1 Å². The molecule has 1 N–H and O–H groups in total. The van der Waals surface area contributed by atoms with Crippen LogP contribution >= 0.6 is 0 Å². The highest BCUT2D eigenvalue weighted by Gasteiger charge is 2.24. The van der Waals surface area contributed by atoms with Crippen LogP contribution in [0.3, 0.4) is 0 Å². The number of benzene rings is 2. The number of fused-ring (bicyclic) bond motifs is 1. The first-order chi connectivity index (χ1) is 15.6. The maximum Gasteiger partial charge on any atom is 0.257 e. The summed E-state index contributed by atoms with van der Waals surface area (Å²) < 4.78 is 25.7. The zero-order valence-corrected chi connectivity index (χ0v) is 18.5. The Bertz CT molecular complexity index is 1110. The lowest BCUT2D eigenvalue weighted by Crippen LogP contribution is -2.36. The minimum Gasteiger partial charge on any atom is -0.494 e. The number of hydrogen-bond donors (Lipinski definition) is 1. The fourth-order valence-corrected chi connectivity index (χ4v) is 4.01. The van der Waals surface area contributed by atoms with Crippen molar-refractivity contribution in [3.8, 4) is 11.5 Å². The molecule has 1 aliphatic rings. The summed E-state index contributed by atoms with van der Waals surface area (Å²) in [6.45, 7) is 6.25. The van der Waals surface area contributed by atoms with Crippen LogP contribution in [0, 0.1) is 5.82 Å². The van der Waals surface area contributed by atoms with Crippen molar-refractivity contribution in [1.82, 2.24) is 9.88 Å². The molecule has 0 bridgehead atoms. The molecule has 4 rings (SSSR count). The van der Waals surface area contributed by atoms with Gasteiger partial charge < -0.3 is 19.7 Å². The van der Waals surface area contributed by atoms with Crippen LogP contribution in [0.1, 0.15) is 43.5 Å². The molecule has 0 spiro atoms. The molecule has 1 amide bonds. The Balaban J connectivity index is 1.83. The first kappa shape index (κ1) is 21.9. The largest absolute Gasteiger partial charge is 0.494 e. The minimum atomic E-state index is -0.391. The molecule has 2 aromatic carbocycles. The van der Waals surface area contributed by atoms with Crippen LogP contribution in [0.5, 0.6) is 11.5 Å². The van der Waals surface area contributed by atoms with Crippen molar-refractivity contribution in [2.75, 3.05) is 31.6 Å². The second-order valence-electron chi connectivity index (χ2n) is 7.71. The van der Waals surface area contributed by atoms with Gasteiger partial charge in [-0.15, -0.1) is 0 Å². The van der Waals surface area contributed by atoms with Crippen molar-refractivity contribution < 1.29 is 18.7 Å². The third-order valence-electron chi connectivity index (χ3n) is 5.53. The van der Waals surface area contributed by atoms with E-state index in [1.165, 1.54) is 12.1 Å². The van der Waals surface area contributed by atoms with Gasteiger partial charge in [-0.25, -0.2) is 4.39 Å². The van der Waals surface area contributed by atoms with Gasteiger partial charge in [0.15, 0.2) is 0 Å². The number of ether oxygens (including phenoxy) is 2. The van der Waals surface area contributed by atoms with Gasteiger partial charge in [-0.1, -0.05) is 0 Å². The van der Waals surface area contributed by atoms with Crippen LogP contribution in [0.15, 0.2) is 42.6 Å². The second kappa shape index (κ2) is 9.85. The van der Waals surface area contributed by atoms with Crippen LogP contribution in [-0.2, 0) is 0 Å². The van der Waals surface area contributed by atoms with Gasteiger partial charge in [-0.05, 0) is 63.4 Å². The molecule has 0 radical (unpaired) electrons. The number of halogens is 1. The molecular weight excluding hydrogens is 409 g/mol. The molecule has 6 nitrogen and oxygen atoms in total. The Kier molecular flexibility index (Phi) is 6.73. The summed E-state index contributed by atoms with van der Waals surface area (Å²) in [6, 6.07) is 9.88. The van der Waals surface area contributed by atoms with Gasteiger partial charge in [0.25, 0.3) is 5.91 Å². The number of piperidine rings is 1. The molecule has 0 aliphatic carbocycles. The Morgan fingerprint density at radius 1 is 1.06 bits per heavy atom. The standard InChI is InChI=1S/C25H28FN3O3/c1-3-31-18-9-11-23(32-4-2)22(15-18)28-24-19-14-17(26)8-10-21(19)27-16-20(24)25(30)29-12-6-5-7-13-29/h8-11,14-16H,3-7,12-13H2,1-2H3,(H,27,28). The van der Waals surface area contributed by atoms with Crippen molar-refractivity contribution in [2.24, 2.45) is 0 Å². The number of anilines is 2. The molecule has 1 fully saturated rings. The highest BCUT2D eigenvalue weighted by molar-refractivity contribution is 6.08. The minimum absolute atomic E-state index is 0.107. The predicted octanol–water partition coefficient (Wildman–Crippen LogP) is 5.54. The lowest BCUT2D eigenvalue weighted by atomic mass is 10.1. The van der Waals surface area contributed by atoms with Gasteiger partial charge in [0.1, 0.15) is 17.3 Å². The number of likely N-dealkylation sites (tertiary alicyclic amines) is 1. The smallest absolute Gasteiger partial charge is 0.257 e. The lowest BCUT2D eigenvalue weighted by molar-refractivity contribution is 0.0725. The number of nitrogens with one attached hydrogen (secondary N) is 1. The first-order valence-corrected chi connectivity index (χ1v) is 11.1. The summed E-state index contributed by atoms with van der Waals surface area (Å²) in [4.78, 5) is 19.7. The second-order valence-corrected chi connectivity index (χ2v) is 7.71. The van der Waals surface area contributed by atoms with E-state index in [4.69, 9.17) is 9.47 Å². The third kappa shape index (κ3) is 4.61. The van der Waals surface area contributed by atoms with Crippen molar-refractivity contribution >= 4 is 28.2 Å². The van der Waals surface area contributed by atoms with Gasteiger partial charge in [0.2, 0.25) is 0 Å². The topological polar surface area (TPSA) is 63.7 Å². The van der Waals surface area contributed by atoms with E-state index in [0.29, 0.717) is 65.6 Å². The molecule has 0 saturated carbocycles. The Labute approximate surface area is 187 Å². The third-order valence-corrected chi connectivity index (χ3v) is 5.53. The van der Waals surface area contributed by atoms with E-state index in [1.807, 2.05) is 36.9 Å². The van der Waals surface area contributed by atoms with Gasteiger partial charge in [0, 0.05) is 30.7 Å². The molecule has 1 aromatic heterocycles. The van der Waals surface area contributed by atoms with Crippen molar-refractivity contribution in [3.05, 3.63) is 54.0 Å². The monoisotopic (exact) mass is 437 g/mol. The van der Waals surface area contributed by atoms with Crippen LogP contribution in [0.4, 0.5) is 15.8 Å². The first-order valence-electron chi connectivity index (χ1n) is 11.1.